The summed E-state index contributed by atoms with van der Waals surface area (Å²) in [7, 11) is 1.75. The molecule has 3 nitrogen and oxygen atoms in total. The Balaban J connectivity index is 2.52. The molecule has 0 saturated heterocycles. The van der Waals surface area contributed by atoms with Crippen LogP contribution in [0.15, 0.2) is 18.3 Å². The number of ether oxygens (including phenoxy) is 1. The van der Waals surface area contributed by atoms with Crippen LogP contribution in [0.3, 0.4) is 0 Å². The predicted octanol–water partition coefficient (Wildman–Crippen LogP) is 2.16. The summed E-state index contributed by atoms with van der Waals surface area (Å²) >= 11 is 0. The third-order valence-corrected chi connectivity index (χ3v) is 1.50. The Bertz CT molecular complexity index is 282. The molecule has 1 N–H and O–H groups in total. The van der Waals surface area contributed by atoms with Crippen molar-refractivity contribution in [3.05, 3.63) is 18.3 Å². The van der Waals surface area contributed by atoms with Crippen LogP contribution in [-0.2, 0) is 0 Å². The summed E-state index contributed by atoms with van der Waals surface area (Å²) in [5, 5.41) is 2.86. The van der Waals surface area contributed by atoms with Crippen LogP contribution in [0.25, 0.3) is 0 Å². The second-order valence-electron chi connectivity index (χ2n) is 2.99. The molecule has 0 amide bonds. The van der Waals surface area contributed by atoms with Crippen LogP contribution in [0.1, 0.15) is 6.92 Å². The van der Waals surface area contributed by atoms with Gasteiger partial charge < -0.3 is 10.1 Å². The van der Waals surface area contributed by atoms with Crippen molar-refractivity contribution in [2.75, 3.05) is 19.0 Å². The van der Waals surface area contributed by atoms with Gasteiger partial charge in [-0.15, -0.1) is 0 Å². The Kier molecular flexibility index (Phi) is 3.22. The number of hydrogen-bond donors (Lipinski definition) is 1. The fourth-order valence-electron chi connectivity index (χ4n) is 0.814. The molecule has 5 heteroatoms. The molecular weight excluding hydrogens is 190 g/mol. The fraction of sp³-hybridized carbons (Fsp3) is 0.444. The Morgan fingerprint density at radius 2 is 2.21 bits per heavy atom. The number of aromatic nitrogens is 1. The molecule has 0 aliphatic rings. The molecule has 0 aliphatic carbocycles. The SMILES string of the molecule is CNc1ccc(OCC(C)(F)F)nc1. The van der Waals surface area contributed by atoms with E-state index in [9.17, 15) is 8.78 Å². The summed E-state index contributed by atoms with van der Waals surface area (Å²) in [5.74, 6) is -2.63. The van der Waals surface area contributed by atoms with Crippen molar-refractivity contribution < 1.29 is 13.5 Å². The van der Waals surface area contributed by atoms with Gasteiger partial charge in [-0.2, -0.15) is 0 Å². The normalized spacial score (nSPS) is 11.1. The molecular formula is C9H12F2N2O. The largest absolute Gasteiger partial charge is 0.471 e. The molecule has 0 bridgehead atoms. The highest BCUT2D eigenvalue weighted by Crippen LogP contribution is 2.15. The van der Waals surface area contributed by atoms with Crippen LogP contribution in [0.4, 0.5) is 14.5 Å². The average Bonchev–Trinajstić information content (AvgIpc) is 2.14. The van der Waals surface area contributed by atoms with Crippen molar-refractivity contribution in [2.45, 2.75) is 12.8 Å². The number of pyridine rings is 1. The lowest BCUT2D eigenvalue weighted by molar-refractivity contribution is -0.0242. The maximum Gasteiger partial charge on any atom is 0.278 e. The van der Waals surface area contributed by atoms with Crippen LogP contribution < -0.4 is 10.1 Å². The van der Waals surface area contributed by atoms with Crippen molar-refractivity contribution in [2.24, 2.45) is 0 Å². The molecule has 0 spiro atoms. The first kappa shape index (κ1) is 10.7. The molecule has 78 valence electrons. The van der Waals surface area contributed by atoms with Crippen LogP contribution in [0.5, 0.6) is 5.88 Å². The van der Waals surface area contributed by atoms with E-state index in [4.69, 9.17) is 4.74 Å². The highest BCUT2D eigenvalue weighted by Gasteiger charge is 2.22. The van der Waals surface area contributed by atoms with Gasteiger partial charge in [-0.3, -0.25) is 0 Å². The number of nitrogens with zero attached hydrogens (tertiary/aromatic N) is 1. The molecule has 0 aliphatic heterocycles. The minimum atomic E-state index is -2.83. The summed E-state index contributed by atoms with van der Waals surface area (Å²) < 4.78 is 29.6. The van der Waals surface area contributed by atoms with Gasteiger partial charge in [0.1, 0.15) is 0 Å². The molecule has 0 aromatic carbocycles. The Morgan fingerprint density at radius 3 is 2.64 bits per heavy atom. The van der Waals surface area contributed by atoms with Crippen molar-refractivity contribution in [1.29, 1.82) is 0 Å². The van der Waals surface area contributed by atoms with Crippen LogP contribution in [0, 0.1) is 0 Å². The maximum absolute atomic E-state index is 12.4. The molecule has 14 heavy (non-hydrogen) atoms. The van der Waals surface area contributed by atoms with Crippen LogP contribution in [-0.4, -0.2) is 24.6 Å². The highest BCUT2D eigenvalue weighted by molar-refractivity contribution is 5.40. The van der Waals surface area contributed by atoms with Gasteiger partial charge in [-0.25, -0.2) is 13.8 Å². The van der Waals surface area contributed by atoms with E-state index < -0.39 is 12.5 Å². The van der Waals surface area contributed by atoms with Crippen molar-refractivity contribution in [3.63, 3.8) is 0 Å². The first-order valence-electron chi connectivity index (χ1n) is 4.16. The van der Waals surface area contributed by atoms with E-state index in [0.717, 1.165) is 12.6 Å². The number of hydrogen-bond acceptors (Lipinski definition) is 3. The van der Waals surface area contributed by atoms with Gasteiger partial charge in [0.25, 0.3) is 5.92 Å². The molecule has 0 atom stereocenters. The summed E-state index contributed by atoms with van der Waals surface area (Å²) in [6, 6.07) is 3.24. The van der Waals surface area contributed by atoms with Gasteiger partial charge in [0.2, 0.25) is 5.88 Å². The minimum Gasteiger partial charge on any atom is -0.471 e. The number of anilines is 1. The third-order valence-electron chi connectivity index (χ3n) is 1.50. The van der Waals surface area contributed by atoms with E-state index in [0.29, 0.717) is 0 Å². The Hall–Kier alpha value is -1.39. The minimum absolute atomic E-state index is 0.200. The lowest BCUT2D eigenvalue weighted by Gasteiger charge is -2.11. The first-order valence-corrected chi connectivity index (χ1v) is 4.16. The topological polar surface area (TPSA) is 34.1 Å². The first-order chi connectivity index (χ1) is 6.51. The molecule has 1 aromatic heterocycles. The lowest BCUT2D eigenvalue weighted by atomic mass is 10.4. The number of alkyl halides is 2. The fourth-order valence-corrected chi connectivity index (χ4v) is 0.814. The van der Waals surface area contributed by atoms with Gasteiger partial charge in [-0.05, 0) is 6.07 Å². The average molecular weight is 202 g/mol. The summed E-state index contributed by atoms with van der Waals surface area (Å²) in [6.45, 7) is 0.147. The van der Waals surface area contributed by atoms with Gasteiger partial charge >= 0.3 is 0 Å². The van der Waals surface area contributed by atoms with E-state index in [1.165, 1.54) is 12.3 Å². The second kappa shape index (κ2) is 4.21. The predicted molar refractivity (Wildman–Crippen MR) is 49.9 cm³/mol. The van der Waals surface area contributed by atoms with Gasteiger partial charge in [-0.1, -0.05) is 0 Å². The van der Waals surface area contributed by atoms with E-state index >= 15 is 0 Å². The van der Waals surface area contributed by atoms with E-state index in [-0.39, 0.29) is 5.88 Å². The molecule has 1 aromatic rings. The third kappa shape index (κ3) is 3.55. The summed E-state index contributed by atoms with van der Waals surface area (Å²) in [4.78, 5) is 3.83. The van der Waals surface area contributed by atoms with E-state index in [1.54, 1.807) is 13.1 Å². The number of nitrogens with one attached hydrogen (secondary N) is 1. The summed E-state index contributed by atoms with van der Waals surface area (Å²) in [5.41, 5.74) is 0.806. The maximum atomic E-state index is 12.4. The smallest absolute Gasteiger partial charge is 0.278 e. The van der Waals surface area contributed by atoms with Gasteiger partial charge in [0, 0.05) is 20.0 Å². The standard InChI is InChI=1S/C9H12F2N2O/c1-9(10,11)6-14-8-4-3-7(12-2)5-13-8/h3-5,12H,6H2,1-2H3. The Labute approximate surface area is 81.1 Å². The van der Waals surface area contributed by atoms with Crippen molar-refractivity contribution in [1.82, 2.24) is 4.98 Å². The molecule has 0 fully saturated rings. The van der Waals surface area contributed by atoms with E-state index in [2.05, 4.69) is 10.3 Å². The monoisotopic (exact) mass is 202 g/mol. The quantitative estimate of drug-likeness (QED) is 0.812. The molecule has 0 radical (unpaired) electrons. The highest BCUT2D eigenvalue weighted by atomic mass is 19.3. The summed E-state index contributed by atoms with van der Waals surface area (Å²) in [6.07, 6.45) is 1.52. The zero-order valence-corrected chi connectivity index (χ0v) is 8.05. The molecule has 0 unspecified atom stereocenters. The Morgan fingerprint density at radius 1 is 1.50 bits per heavy atom. The number of rotatable bonds is 4. The lowest BCUT2D eigenvalue weighted by Crippen LogP contribution is -2.21. The van der Waals surface area contributed by atoms with Crippen molar-refractivity contribution in [3.8, 4) is 5.88 Å². The molecule has 1 heterocycles. The van der Waals surface area contributed by atoms with E-state index in [1.807, 2.05) is 0 Å². The molecule has 1 rings (SSSR count). The number of halogens is 2. The van der Waals surface area contributed by atoms with Gasteiger partial charge in [0.05, 0.1) is 11.9 Å². The van der Waals surface area contributed by atoms with Crippen LogP contribution in [0.2, 0.25) is 0 Å². The molecule has 0 saturated carbocycles. The van der Waals surface area contributed by atoms with Crippen molar-refractivity contribution >= 4 is 5.69 Å². The second-order valence-corrected chi connectivity index (χ2v) is 2.99. The zero-order valence-electron chi connectivity index (χ0n) is 8.05. The van der Waals surface area contributed by atoms with Crippen LogP contribution >= 0.6 is 0 Å². The zero-order chi connectivity index (χ0) is 10.6. The van der Waals surface area contributed by atoms with Gasteiger partial charge in [0.15, 0.2) is 6.61 Å².